The van der Waals surface area contributed by atoms with E-state index in [1.54, 1.807) is 10.5 Å². The molecule has 5 rings (SSSR count). The van der Waals surface area contributed by atoms with Gasteiger partial charge in [0.15, 0.2) is 0 Å². The van der Waals surface area contributed by atoms with Crippen LogP contribution in [0.25, 0.3) is 16.7 Å². The Morgan fingerprint density at radius 2 is 1.85 bits per heavy atom. The van der Waals surface area contributed by atoms with Gasteiger partial charge in [-0.2, -0.15) is 4.98 Å². The summed E-state index contributed by atoms with van der Waals surface area (Å²) in [4.78, 5) is 6.79. The Morgan fingerprint density at radius 3 is 2.62 bits per heavy atom. The maximum absolute atomic E-state index is 14.3. The van der Waals surface area contributed by atoms with Gasteiger partial charge >= 0.3 is 0 Å². The minimum Gasteiger partial charge on any atom is -0.325 e. The van der Waals surface area contributed by atoms with Crippen molar-refractivity contribution in [3.05, 3.63) is 59.2 Å². The number of nitrogens with zero attached hydrogens (tertiary/aromatic N) is 5. The van der Waals surface area contributed by atoms with Crippen molar-refractivity contribution in [3.63, 3.8) is 0 Å². The predicted molar refractivity (Wildman–Crippen MR) is 126 cm³/mol. The molecule has 2 aromatic carbocycles. The highest BCUT2D eigenvalue weighted by atomic mass is 19.3. The van der Waals surface area contributed by atoms with Gasteiger partial charge < -0.3 is 4.90 Å². The molecule has 0 aliphatic carbocycles. The zero-order valence-electron chi connectivity index (χ0n) is 19.5. The van der Waals surface area contributed by atoms with E-state index in [0.29, 0.717) is 29.4 Å². The van der Waals surface area contributed by atoms with E-state index in [4.69, 9.17) is 4.98 Å². The van der Waals surface area contributed by atoms with Gasteiger partial charge in [-0.1, -0.05) is 17.9 Å². The third kappa shape index (κ3) is 3.56. The summed E-state index contributed by atoms with van der Waals surface area (Å²) in [7, 11) is 0. The van der Waals surface area contributed by atoms with Crippen molar-refractivity contribution in [3.8, 4) is 11.8 Å². The second-order valence-electron chi connectivity index (χ2n) is 9.30. The number of halogens is 3. The lowest BCUT2D eigenvalue weighted by Crippen LogP contribution is -2.31. The van der Waals surface area contributed by atoms with E-state index in [1.165, 1.54) is 26.0 Å². The molecule has 34 heavy (non-hydrogen) atoms. The molecule has 5 nitrogen and oxygen atoms in total. The molecular formula is C26H24F3N5. The maximum Gasteiger partial charge on any atom is 0.261 e. The van der Waals surface area contributed by atoms with Gasteiger partial charge in [0.2, 0.25) is 0 Å². The normalized spacial score (nSPS) is 14.3. The smallest absolute Gasteiger partial charge is 0.261 e. The van der Waals surface area contributed by atoms with Crippen LogP contribution in [0.3, 0.4) is 0 Å². The van der Waals surface area contributed by atoms with Crippen molar-refractivity contribution < 1.29 is 13.2 Å². The Balaban J connectivity index is 1.69. The number of anilines is 2. The van der Waals surface area contributed by atoms with Crippen molar-refractivity contribution in [2.75, 3.05) is 11.4 Å². The number of aromatic nitrogens is 4. The summed E-state index contributed by atoms with van der Waals surface area (Å²) in [5.74, 6) is 4.17. The maximum atomic E-state index is 14.3. The van der Waals surface area contributed by atoms with Crippen molar-refractivity contribution >= 4 is 28.2 Å². The van der Waals surface area contributed by atoms with Gasteiger partial charge in [-0.05, 0) is 69.5 Å². The fourth-order valence-electron chi connectivity index (χ4n) is 4.24. The van der Waals surface area contributed by atoms with Crippen LogP contribution in [0.4, 0.5) is 24.7 Å². The average Bonchev–Trinajstić information content (AvgIpc) is 3.16. The van der Waals surface area contributed by atoms with Gasteiger partial charge in [0.1, 0.15) is 17.5 Å². The molecule has 1 aliphatic heterocycles. The summed E-state index contributed by atoms with van der Waals surface area (Å²) < 4.78 is 44.1. The Bertz CT molecular complexity index is 1490. The summed E-state index contributed by atoms with van der Waals surface area (Å²) in [6, 6.07) is 10.3. The molecule has 0 N–H and O–H groups in total. The van der Waals surface area contributed by atoms with Crippen LogP contribution in [0.2, 0.25) is 0 Å². The molecule has 0 bridgehead atoms. The first-order chi connectivity index (χ1) is 16.1. The fraction of sp³-hybridized carbons (Fsp3) is 0.346. The van der Waals surface area contributed by atoms with E-state index in [0.717, 1.165) is 42.1 Å². The van der Waals surface area contributed by atoms with Crippen molar-refractivity contribution in [2.45, 2.75) is 46.5 Å². The molecule has 0 radical (unpaired) electrons. The molecule has 0 unspecified atom stereocenters. The molecule has 1 aliphatic rings. The van der Waals surface area contributed by atoms with Crippen molar-refractivity contribution in [2.24, 2.45) is 5.41 Å². The lowest BCUT2D eigenvalue weighted by atomic mass is 9.86. The van der Waals surface area contributed by atoms with Gasteiger partial charge in [-0.3, -0.25) is 4.40 Å². The molecular weight excluding hydrogens is 439 g/mol. The third-order valence-electron chi connectivity index (χ3n) is 6.57. The first-order valence-corrected chi connectivity index (χ1v) is 11.2. The average molecular weight is 464 g/mol. The van der Waals surface area contributed by atoms with Crippen LogP contribution < -0.4 is 4.90 Å². The zero-order chi connectivity index (χ0) is 24.3. The first-order valence-electron chi connectivity index (χ1n) is 11.2. The Hall–Kier alpha value is -3.60. The highest BCUT2D eigenvalue weighted by Gasteiger charge is 2.40. The van der Waals surface area contributed by atoms with Crippen LogP contribution in [0.5, 0.6) is 0 Å². The molecule has 4 aromatic rings. The highest BCUT2D eigenvalue weighted by molar-refractivity contribution is 5.94. The van der Waals surface area contributed by atoms with E-state index >= 15 is 0 Å². The first kappa shape index (κ1) is 22.2. The van der Waals surface area contributed by atoms with Crippen molar-refractivity contribution in [1.82, 2.24) is 19.6 Å². The monoisotopic (exact) mass is 463 g/mol. The third-order valence-corrected chi connectivity index (χ3v) is 6.57. The number of benzene rings is 2. The molecule has 0 amide bonds. The SMILES string of the molecule is Cc1nnc2nc(N3CCCc4c(C#CC(C)(C)C(C)(F)F)cccc43)c3cc(F)ccc3n12. The van der Waals surface area contributed by atoms with Crippen LogP contribution in [0, 0.1) is 30.0 Å². The Morgan fingerprint density at radius 1 is 1.06 bits per heavy atom. The van der Waals surface area contributed by atoms with Crippen LogP contribution >= 0.6 is 0 Å². The Labute approximate surface area is 195 Å². The molecule has 0 atom stereocenters. The topological polar surface area (TPSA) is 46.3 Å². The zero-order valence-corrected chi connectivity index (χ0v) is 19.5. The van der Waals surface area contributed by atoms with Crippen LogP contribution in [0.1, 0.15) is 44.1 Å². The minimum atomic E-state index is -2.93. The van der Waals surface area contributed by atoms with E-state index in [9.17, 15) is 13.2 Å². The number of alkyl halides is 2. The van der Waals surface area contributed by atoms with E-state index in [-0.39, 0.29) is 5.82 Å². The highest BCUT2D eigenvalue weighted by Crippen LogP contribution is 2.39. The van der Waals surface area contributed by atoms with E-state index < -0.39 is 11.3 Å². The molecule has 3 heterocycles. The molecule has 0 spiro atoms. The summed E-state index contributed by atoms with van der Waals surface area (Å²) in [6.45, 7) is 6.28. The number of rotatable bonds is 2. The van der Waals surface area contributed by atoms with Gasteiger partial charge in [-0.25, -0.2) is 13.2 Å². The van der Waals surface area contributed by atoms with Gasteiger partial charge in [0, 0.05) is 30.1 Å². The number of fused-ring (bicyclic) bond motifs is 4. The van der Waals surface area contributed by atoms with E-state index in [2.05, 4.69) is 22.0 Å². The summed E-state index contributed by atoms with van der Waals surface area (Å²) >= 11 is 0. The molecule has 0 fully saturated rings. The molecule has 8 heteroatoms. The quantitative estimate of drug-likeness (QED) is 0.350. The van der Waals surface area contributed by atoms with E-state index in [1.807, 2.05) is 30.0 Å². The van der Waals surface area contributed by atoms with Gasteiger partial charge in [0.25, 0.3) is 11.7 Å². The number of hydrogen-bond acceptors (Lipinski definition) is 4. The number of hydrogen-bond donors (Lipinski definition) is 0. The minimum absolute atomic E-state index is 0.361. The summed E-state index contributed by atoms with van der Waals surface area (Å²) in [5.41, 5.74) is 1.88. The lowest BCUT2D eigenvalue weighted by Gasteiger charge is -2.32. The van der Waals surface area contributed by atoms with Crippen molar-refractivity contribution in [1.29, 1.82) is 0 Å². The van der Waals surface area contributed by atoms with Gasteiger partial charge in [0.05, 0.1) is 10.9 Å². The largest absolute Gasteiger partial charge is 0.325 e. The summed E-state index contributed by atoms with van der Waals surface area (Å²) in [5, 5.41) is 8.97. The van der Waals surface area contributed by atoms with Gasteiger partial charge in [-0.15, -0.1) is 10.2 Å². The molecule has 0 saturated carbocycles. The molecule has 2 aromatic heterocycles. The second kappa shape index (κ2) is 7.73. The fourth-order valence-corrected chi connectivity index (χ4v) is 4.24. The van der Waals surface area contributed by atoms with Crippen LogP contribution in [-0.2, 0) is 6.42 Å². The lowest BCUT2D eigenvalue weighted by molar-refractivity contribution is -0.0585. The molecule has 174 valence electrons. The molecule has 0 saturated heterocycles. The predicted octanol–water partition coefficient (Wildman–Crippen LogP) is 5.84. The standard InChI is InChI=1S/C26H24F3N5/c1-16-31-32-24-30-23(20-15-18(27)10-11-22(20)34(16)24)33-14-6-8-19-17(7-5-9-21(19)33)12-13-25(2,3)26(4,28)29/h5,7,9-11,15H,6,8,14H2,1-4H3. The second-order valence-corrected chi connectivity index (χ2v) is 9.30. The van der Waals surface area contributed by atoms with Crippen LogP contribution in [-0.4, -0.2) is 32.0 Å². The van der Waals surface area contributed by atoms with Crippen LogP contribution in [0.15, 0.2) is 36.4 Å². The number of aryl methyl sites for hydroxylation is 1. The Kier molecular flexibility index (Phi) is 5.05. The summed E-state index contributed by atoms with van der Waals surface area (Å²) in [6.07, 6.45) is 1.58.